The van der Waals surface area contributed by atoms with Gasteiger partial charge in [-0.3, -0.25) is 0 Å². The fraction of sp³-hybridized carbons (Fsp3) is 0.923. The van der Waals surface area contributed by atoms with Crippen LogP contribution in [0.15, 0.2) is 0 Å². The summed E-state index contributed by atoms with van der Waals surface area (Å²) in [5.41, 5.74) is 0. The monoisotopic (exact) mass is 240 g/mol. The van der Waals surface area contributed by atoms with Gasteiger partial charge in [-0.05, 0) is 39.5 Å². The number of amides is 1. The van der Waals surface area contributed by atoms with Gasteiger partial charge in [-0.2, -0.15) is 0 Å². The molecule has 4 nitrogen and oxygen atoms in total. The van der Waals surface area contributed by atoms with Crippen LogP contribution >= 0.6 is 0 Å². The van der Waals surface area contributed by atoms with Crippen molar-refractivity contribution in [3.05, 3.63) is 0 Å². The van der Waals surface area contributed by atoms with Crippen molar-refractivity contribution in [1.29, 1.82) is 0 Å². The summed E-state index contributed by atoms with van der Waals surface area (Å²) in [5, 5.41) is 0. The minimum atomic E-state index is -0.134. The van der Waals surface area contributed by atoms with Crippen LogP contribution in [0.3, 0.4) is 0 Å². The highest BCUT2D eigenvalue weighted by Crippen LogP contribution is 2.32. The Kier molecular flexibility index (Phi) is 3.61. The number of nitrogens with zero attached hydrogens (tertiary/aromatic N) is 2. The van der Waals surface area contributed by atoms with E-state index in [0.29, 0.717) is 17.9 Å². The molecule has 2 aliphatic rings. The second-order valence-corrected chi connectivity index (χ2v) is 5.91. The summed E-state index contributed by atoms with van der Waals surface area (Å²) in [6.07, 6.45) is -0.152. The summed E-state index contributed by atoms with van der Waals surface area (Å²) in [4.78, 5) is 16.2. The molecule has 0 bridgehead atoms. The van der Waals surface area contributed by atoms with E-state index in [9.17, 15) is 4.79 Å². The smallest absolute Gasteiger partial charge is 0.410 e. The van der Waals surface area contributed by atoms with E-state index in [2.05, 4.69) is 18.7 Å². The molecule has 17 heavy (non-hydrogen) atoms. The van der Waals surface area contributed by atoms with Crippen molar-refractivity contribution in [3.8, 4) is 0 Å². The van der Waals surface area contributed by atoms with Gasteiger partial charge in [-0.15, -0.1) is 0 Å². The first-order chi connectivity index (χ1) is 7.97. The van der Waals surface area contributed by atoms with Crippen LogP contribution in [0.25, 0.3) is 0 Å². The lowest BCUT2D eigenvalue weighted by atomic mass is 10.0. The van der Waals surface area contributed by atoms with Gasteiger partial charge in [0.05, 0.1) is 6.10 Å². The molecular weight excluding hydrogens is 216 g/mol. The second kappa shape index (κ2) is 4.84. The van der Waals surface area contributed by atoms with Gasteiger partial charge in [0.25, 0.3) is 0 Å². The Balaban J connectivity index is 1.85. The maximum absolute atomic E-state index is 11.8. The van der Waals surface area contributed by atoms with Crippen molar-refractivity contribution in [2.75, 3.05) is 26.2 Å². The van der Waals surface area contributed by atoms with Crippen LogP contribution in [0, 0.1) is 11.8 Å². The standard InChI is InChI=1S/C13H24N2O2/c1-9(2)14-5-11-7-15(8-12(11)6-14)13(16)17-10(3)4/h9-12H,5-8H2,1-4H3/t11-,12+. The van der Waals surface area contributed by atoms with Crippen molar-refractivity contribution in [2.24, 2.45) is 11.8 Å². The van der Waals surface area contributed by atoms with E-state index >= 15 is 0 Å². The molecule has 0 spiro atoms. The predicted molar refractivity (Wildman–Crippen MR) is 66.9 cm³/mol. The van der Waals surface area contributed by atoms with Crippen LogP contribution in [0.4, 0.5) is 4.79 Å². The fourth-order valence-corrected chi connectivity index (χ4v) is 2.88. The van der Waals surface area contributed by atoms with Gasteiger partial charge in [0, 0.05) is 32.2 Å². The van der Waals surface area contributed by atoms with Crippen molar-refractivity contribution in [1.82, 2.24) is 9.80 Å². The van der Waals surface area contributed by atoms with E-state index in [0.717, 1.165) is 26.2 Å². The first-order valence-electron chi connectivity index (χ1n) is 6.67. The average Bonchev–Trinajstić information content (AvgIpc) is 2.71. The van der Waals surface area contributed by atoms with Crippen LogP contribution < -0.4 is 0 Å². The predicted octanol–water partition coefficient (Wildman–Crippen LogP) is 1.80. The number of carbonyl (C=O) groups excluding carboxylic acids is 1. The molecule has 0 aromatic carbocycles. The number of rotatable bonds is 2. The largest absolute Gasteiger partial charge is 0.447 e. The first kappa shape index (κ1) is 12.7. The lowest BCUT2D eigenvalue weighted by Crippen LogP contribution is -2.36. The van der Waals surface area contributed by atoms with Gasteiger partial charge >= 0.3 is 6.09 Å². The number of likely N-dealkylation sites (tertiary alicyclic amines) is 2. The van der Waals surface area contributed by atoms with Gasteiger partial charge < -0.3 is 14.5 Å². The molecule has 0 radical (unpaired) electrons. The summed E-state index contributed by atoms with van der Waals surface area (Å²) < 4.78 is 5.25. The maximum Gasteiger partial charge on any atom is 0.410 e. The molecule has 2 rings (SSSR count). The maximum atomic E-state index is 11.8. The van der Waals surface area contributed by atoms with E-state index in [1.54, 1.807) is 0 Å². The Morgan fingerprint density at radius 3 is 2.00 bits per heavy atom. The Labute approximate surface area is 104 Å². The Bertz CT molecular complexity index is 277. The molecule has 2 heterocycles. The highest BCUT2D eigenvalue weighted by atomic mass is 16.6. The van der Waals surface area contributed by atoms with Gasteiger partial charge in [-0.25, -0.2) is 4.79 Å². The normalized spacial score (nSPS) is 29.2. The minimum absolute atomic E-state index is 0.0184. The zero-order valence-electron chi connectivity index (χ0n) is 11.3. The van der Waals surface area contributed by atoms with E-state index in [1.165, 1.54) is 0 Å². The van der Waals surface area contributed by atoms with E-state index in [1.807, 2.05) is 18.7 Å². The van der Waals surface area contributed by atoms with Gasteiger partial charge in [-0.1, -0.05) is 0 Å². The van der Waals surface area contributed by atoms with Crippen LogP contribution in [0.5, 0.6) is 0 Å². The molecule has 0 aromatic rings. The Morgan fingerprint density at radius 1 is 1.06 bits per heavy atom. The minimum Gasteiger partial charge on any atom is -0.447 e. The number of fused-ring (bicyclic) bond motifs is 1. The van der Waals surface area contributed by atoms with Crippen molar-refractivity contribution in [3.63, 3.8) is 0 Å². The summed E-state index contributed by atoms with van der Waals surface area (Å²) in [7, 11) is 0. The van der Waals surface area contributed by atoms with Gasteiger partial charge in [0.1, 0.15) is 0 Å². The summed E-state index contributed by atoms with van der Waals surface area (Å²) >= 11 is 0. The SMILES string of the molecule is CC(C)OC(=O)N1C[C@@H]2CN(C(C)C)C[C@@H]2C1. The number of hydrogen-bond donors (Lipinski definition) is 0. The molecule has 0 unspecified atom stereocenters. The average molecular weight is 240 g/mol. The zero-order valence-corrected chi connectivity index (χ0v) is 11.3. The Hall–Kier alpha value is -0.770. The van der Waals surface area contributed by atoms with Gasteiger partial charge in [0.2, 0.25) is 0 Å². The second-order valence-electron chi connectivity index (χ2n) is 5.91. The lowest BCUT2D eigenvalue weighted by molar-refractivity contribution is 0.0796. The Morgan fingerprint density at radius 2 is 1.59 bits per heavy atom. The molecule has 0 aliphatic carbocycles. The molecule has 2 atom stereocenters. The van der Waals surface area contributed by atoms with Crippen molar-refractivity contribution < 1.29 is 9.53 Å². The molecule has 0 N–H and O–H groups in total. The quantitative estimate of drug-likeness (QED) is 0.738. The molecule has 0 aromatic heterocycles. The highest BCUT2D eigenvalue weighted by molar-refractivity contribution is 5.68. The third-order valence-corrected chi connectivity index (χ3v) is 3.84. The van der Waals surface area contributed by atoms with Crippen LogP contribution in [0.2, 0.25) is 0 Å². The summed E-state index contributed by atoms with van der Waals surface area (Å²) in [5.74, 6) is 1.30. The molecule has 1 amide bonds. The number of carbonyl (C=O) groups is 1. The fourth-order valence-electron chi connectivity index (χ4n) is 2.88. The third kappa shape index (κ3) is 2.73. The highest BCUT2D eigenvalue weighted by Gasteiger charge is 2.42. The molecule has 4 heteroatoms. The lowest BCUT2D eigenvalue weighted by Gasteiger charge is -2.24. The summed E-state index contributed by atoms with van der Waals surface area (Å²) in [6.45, 7) is 12.3. The molecule has 2 saturated heterocycles. The van der Waals surface area contributed by atoms with Crippen LogP contribution in [-0.2, 0) is 4.74 Å². The van der Waals surface area contributed by atoms with Crippen LogP contribution in [0.1, 0.15) is 27.7 Å². The van der Waals surface area contributed by atoms with Crippen molar-refractivity contribution in [2.45, 2.75) is 39.8 Å². The van der Waals surface area contributed by atoms with E-state index in [4.69, 9.17) is 4.74 Å². The number of hydrogen-bond acceptors (Lipinski definition) is 3. The molecule has 2 fully saturated rings. The number of ether oxygens (including phenoxy) is 1. The van der Waals surface area contributed by atoms with Crippen molar-refractivity contribution >= 4 is 6.09 Å². The molecule has 0 saturated carbocycles. The van der Waals surface area contributed by atoms with Crippen LogP contribution in [-0.4, -0.2) is 54.2 Å². The first-order valence-corrected chi connectivity index (χ1v) is 6.67. The molecule has 2 aliphatic heterocycles. The molecule has 98 valence electrons. The third-order valence-electron chi connectivity index (χ3n) is 3.84. The zero-order chi connectivity index (χ0) is 12.6. The van der Waals surface area contributed by atoms with Gasteiger partial charge in [0.15, 0.2) is 0 Å². The summed E-state index contributed by atoms with van der Waals surface area (Å²) in [6, 6.07) is 0.622. The topological polar surface area (TPSA) is 32.8 Å². The van der Waals surface area contributed by atoms with E-state index in [-0.39, 0.29) is 12.2 Å². The van der Waals surface area contributed by atoms with E-state index < -0.39 is 0 Å². The molecular formula is C13H24N2O2.